The molecule has 0 aromatic carbocycles. The van der Waals surface area contributed by atoms with Gasteiger partial charge < -0.3 is 15.5 Å². The fraction of sp³-hybridized carbons (Fsp3) is 0.938. The first-order valence-electron chi connectivity index (χ1n) is 8.64. The standard InChI is InChI=1S/C16H32N4S.HI/c1-3-17-16(19-12-15-7-6-10-21-15)18-11-14(2)13-20-8-4-5-9-20;/h14-15H,3-13H2,1-2H3,(H2,17,18,19);1H. The molecule has 6 heteroatoms. The Morgan fingerprint density at radius 2 is 2.05 bits per heavy atom. The van der Waals surface area contributed by atoms with Gasteiger partial charge in [-0.25, -0.2) is 0 Å². The molecule has 2 saturated heterocycles. The van der Waals surface area contributed by atoms with E-state index in [4.69, 9.17) is 4.99 Å². The van der Waals surface area contributed by atoms with Gasteiger partial charge in [0.15, 0.2) is 5.96 Å². The minimum absolute atomic E-state index is 0. The summed E-state index contributed by atoms with van der Waals surface area (Å²) >= 11 is 2.10. The minimum Gasteiger partial charge on any atom is -0.357 e. The monoisotopic (exact) mass is 440 g/mol. The number of thioether (sulfide) groups is 1. The molecule has 0 radical (unpaired) electrons. The Balaban J connectivity index is 0.00000242. The molecule has 4 nitrogen and oxygen atoms in total. The Morgan fingerprint density at radius 3 is 2.68 bits per heavy atom. The van der Waals surface area contributed by atoms with E-state index in [0.29, 0.717) is 5.92 Å². The van der Waals surface area contributed by atoms with Gasteiger partial charge in [0, 0.05) is 31.4 Å². The van der Waals surface area contributed by atoms with Gasteiger partial charge in [0.2, 0.25) is 0 Å². The molecule has 0 aromatic heterocycles. The number of nitrogens with one attached hydrogen (secondary N) is 2. The smallest absolute Gasteiger partial charge is 0.191 e. The van der Waals surface area contributed by atoms with Crippen molar-refractivity contribution in [2.75, 3.05) is 45.0 Å². The van der Waals surface area contributed by atoms with Crippen LogP contribution in [0, 0.1) is 5.92 Å². The maximum atomic E-state index is 4.77. The van der Waals surface area contributed by atoms with Crippen molar-refractivity contribution >= 4 is 41.7 Å². The Morgan fingerprint density at radius 1 is 1.27 bits per heavy atom. The molecule has 0 spiro atoms. The van der Waals surface area contributed by atoms with E-state index in [1.807, 2.05) is 0 Å². The molecule has 2 aliphatic heterocycles. The van der Waals surface area contributed by atoms with Crippen LogP contribution in [-0.4, -0.2) is 61.1 Å². The summed E-state index contributed by atoms with van der Waals surface area (Å²) in [6.45, 7) is 11.1. The highest BCUT2D eigenvalue weighted by molar-refractivity contribution is 14.0. The van der Waals surface area contributed by atoms with E-state index in [1.54, 1.807) is 0 Å². The van der Waals surface area contributed by atoms with Crippen molar-refractivity contribution in [3.8, 4) is 0 Å². The summed E-state index contributed by atoms with van der Waals surface area (Å²) in [7, 11) is 0. The van der Waals surface area contributed by atoms with Crippen molar-refractivity contribution in [2.45, 2.75) is 44.8 Å². The van der Waals surface area contributed by atoms with Gasteiger partial charge in [-0.1, -0.05) is 6.92 Å². The van der Waals surface area contributed by atoms with Crippen LogP contribution in [0.3, 0.4) is 0 Å². The van der Waals surface area contributed by atoms with Crippen LogP contribution in [0.4, 0.5) is 0 Å². The number of guanidine groups is 1. The van der Waals surface area contributed by atoms with E-state index in [1.165, 1.54) is 51.1 Å². The van der Waals surface area contributed by atoms with Gasteiger partial charge in [-0.05, 0) is 57.4 Å². The van der Waals surface area contributed by atoms with E-state index < -0.39 is 0 Å². The summed E-state index contributed by atoms with van der Waals surface area (Å²) in [5.74, 6) is 2.96. The summed E-state index contributed by atoms with van der Waals surface area (Å²) in [5, 5.41) is 7.66. The Hall–Kier alpha value is 0.310. The molecular weight excluding hydrogens is 407 g/mol. The van der Waals surface area contributed by atoms with Crippen LogP contribution in [0.25, 0.3) is 0 Å². The molecule has 0 amide bonds. The lowest BCUT2D eigenvalue weighted by molar-refractivity contribution is 0.291. The molecule has 130 valence electrons. The Bertz CT molecular complexity index is 315. The maximum Gasteiger partial charge on any atom is 0.191 e. The lowest BCUT2D eigenvalue weighted by Crippen LogP contribution is -2.40. The summed E-state index contributed by atoms with van der Waals surface area (Å²) in [4.78, 5) is 7.35. The van der Waals surface area contributed by atoms with Gasteiger partial charge in [-0.3, -0.25) is 4.99 Å². The molecule has 2 unspecified atom stereocenters. The van der Waals surface area contributed by atoms with Crippen LogP contribution in [0.15, 0.2) is 4.99 Å². The van der Waals surface area contributed by atoms with Crippen LogP contribution in [-0.2, 0) is 0 Å². The highest BCUT2D eigenvalue weighted by atomic mass is 127. The van der Waals surface area contributed by atoms with Crippen molar-refractivity contribution in [2.24, 2.45) is 10.9 Å². The second-order valence-corrected chi connectivity index (χ2v) is 7.76. The van der Waals surface area contributed by atoms with Crippen LogP contribution in [0.1, 0.15) is 39.5 Å². The van der Waals surface area contributed by atoms with Gasteiger partial charge in [0.05, 0.1) is 0 Å². The highest BCUT2D eigenvalue weighted by Crippen LogP contribution is 2.25. The molecule has 2 fully saturated rings. The zero-order chi connectivity index (χ0) is 14.9. The Kier molecular flexibility index (Phi) is 10.9. The van der Waals surface area contributed by atoms with Crippen molar-refractivity contribution in [1.29, 1.82) is 0 Å². The van der Waals surface area contributed by atoms with Crippen molar-refractivity contribution in [3.05, 3.63) is 0 Å². The molecule has 0 bridgehead atoms. The van der Waals surface area contributed by atoms with E-state index in [0.717, 1.165) is 30.8 Å². The van der Waals surface area contributed by atoms with Crippen LogP contribution >= 0.6 is 35.7 Å². The zero-order valence-corrected chi connectivity index (χ0v) is 17.3. The molecule has 2 atom stereocenters. The fourth-order valence-corrected chi connectivity index (χ4v) is 4.27. The van der Waals surface area contributed by atoms with Crippen LogP contribution < -0.4 is 10.6 Å². The zero-order valence-electron chi connectivity index (χ0n) is 14.1. The molecule has 0 aliphatic carbocycles. The summed E-state index contributed by atoms with van der Waals surface area (Å²) in [6.07, 6.45) is 5.47. The highest BCUT2D eigenvalue weighted by Gasteiger charge is 2.16. The number of nitrogens with zero attached hydrogens (tertiary/aromatic N) is 2. The molecule has 0 saturated carbocycles. The quantitative estimate of drug-likeness (QED) is 0.363. The summed E-state index contributed by atoms with van der Waals surface area (Å²) in [5.41, 5.74) is 0. The first-order chi connectivity index (χ1) is 10.3. The number of rotatable bonds is 7. The average molecular weight is 440 g/mol. The first-order valence-corrected chi connectivity index (χ1v) is 9.69. The molecule has 0 aromatic rings. The van der Waals surface area contributed by atoms with E-state index in [9.17, 15) is 0 Å². The number of halogens is 1. The Labute approximate surface area is 157 Å². The topological polar surface area (TPSA) is 39.7 Å². The first kappa shape index (κ1) is 20.4. The third kappa shape index (κ3) is 7.73. The molecule has 2 aliphatic rings. The molecule has 2 heterocycles. The molecule has 2 rings (SSSR count). The van der Waals surface area contributed by atoms with Crippen LogP contribution in [0.2, 0.25) is 0 Å². The second kappa shape index (κ2) is 11.8. The van der Waals surface area contributed by atoms with E-state index in [-0.39, 0.29) is 24.0 Å². The van der Waals surface area contributed by atoms with Crippen molar-refractivity contribution in [1.82, 2.24) is 15.5 Å². The van der Waals surface area contributed by atoms with Crippen molar-refractivity contribution < 1.29 is 0 Å². The number of aliphatic imine (C=N–C) groups is 1. The van der Waals surface area contributed by atoms with Gasteiger partial charge in [0.1, 0.15) is 0 Å². The lowest BCUT2D eigenvalue weighted by Gasteiger charge is -2.20. The predicted molar refractivity (Wildman–Crippen MR) is 110 cm³/mol. The van der Waals surface area contributed by atoms with Gasteiger partial charge in [0.25, 0.3) is 0 Å². The lowest BCUT2D eigenvalue weighted by atomic mass is 10.2. The largest absolute Gasteiger partial charge is 0.357 e. The third-order valence-electron chi connectivity index (χ3n) is 4.20. The molecule has 2 N–H and O–H groups in total. The normalized spacial score (nSPS) is 24.1. The van der Waals surface area contributed by atoms with Gasteiger partial charge in [-0.15, -0.1) is 24.0 Å². The molecule has 22 heavy (non-hydrogen) atoms. The number of hydrogen-bond donors (Lipinski definition) is 2. The average Bonchev–Trinajstić information content (AvgIpc) is 3.15. The minimum atomic E-state index is 0. The van der Waals surface area contributed by atoms with E-state index >= 15 is 0 Å². The molecular formula is C16H33IN4S. The second-order valence-electron chi connectivity index (χ2n) is 6.35. The fourth-order valence-electron chi connectivity index (χ4n) is 3.07. The predicted octanol–water partition coefficient (Wildman–Crippen LogP) is 2.79. The van der Waals surface area contributed by atoms with Gasteiger partial charge in [-0.2, -0.15) is 11.8 Å². The third-order valence-corrected chi connectivity index (χ3v) is 5.59. The maximum absolute atomic E-state index is 4.77. The van der Waals surface area contributed by atoms with E-state index in [2.05, 4.69) is 41.1 Å². The van der Waals surface area contributed by atoms with Crippen molar-refractivity contribution in [3.63, 3.8) is 0 Å². The SMILES string of the molecule is CCNC(=NCC(C)CN1CCCC1)NCC1CCCS1.I. The van der Waals surface area contributed by atoms with Gasteiger partial charge >= 0.3 is 0 Å². The number of hydrogen-bond acceptors (Lipinski definition) is 3. The summed E-state index contributed by atoms with van der Waals surface area (Å²) < 4.78 is 0. The van der Waals surface area contributed by atoms with Crippen LogP contribution in [0.5, 0.6) is 0 Å². The summed E-state index contributed by atoms with van der Waals surface area (Å²) in [6, 6.07) is 0. The number of likely N-dealkylation sites (tertiary alicyclic amines) is 1.